The minimum Gasteiger partial charge on any atom is -0.452 e. The van der Waals surface area contributed by atoms with Crippen molar-refractivity contribution in [2.24, 2.45) is 0 Å². The molecule has 9 heteroatoms. The number of H-pyrrole nitrogens is 1. The van der Waals surface area contributed by atoms with Gasteiger partial charge in [-0.3, -0.25) is 4.90 Å². The Morgan fingerprint density at radius 2 is 2.21 bits per heavy atom. The third-order valence-electron chi connectivity index (χ3n) is 5.55. The van der Waals surface area contributed by atoms with E-state index in [-0.39, 0.29) is 6.04 Å². The maximum Gasteiger partial charge on any atom is 0.415 e. The molecule has 0 saturated carbocycles. The zero-order chi connectivity index (χ0) is 20.0. The molecule has 1 N–H and O–H groups in total. The lowest BCUT2D eigenvalue weighted by atomic mass is 10.0. The summed E-state index contributed by atoms with van der Waals surface area (Å²) in [6.07, 6.45) is 3.91. The van der Waals surface area contributed by atoms with Crippen LogP contribution in [0.15, 0.2) is 24.5 Å². The molecule has 5 rings (SSSR count). The Bertz CT molecular complexity index is 1080. The van der Waals surface area contributed by atoms with Gasteiger partial charge in [-0.2, -0.15) is 4.98 Å². The Labute approximate surface area is 167 Å². The van der Waals surface area contributed by atoms with Crippen molar-refractivity contribution < 1.29 is 14.3 Å². The number of amides is 1. The Morgan fingerprint density at radius 3 is 3.03 bits per heavy atom. The number of anilines is 2. The van der Waals surface area contributed by atoms with E-state index in [9.17, 15) is 4.79 Å². The molecular formula is C20H22N6O3. The predicted octanol–water partition coefficient (Wildman–Crippen LogP) is 2.37. The second-order valence-electron chi connectivity index (χ2n) is 7.26. The van der Waals surface area contributed by atoms with E-state index in [4.69, 9.17) is 19.4 Å². The molecule has 0 aliphatic carbocycles. The number of aromatic amines is 1. The quantitative estimate of drug-likeness (QED) is 0.713. The number of pyridine rings is 1. The first-order valence-electron chi connectivity index (χ1n) is 9.70. The number of hydrogen-bond donors (Lipinski definition) is 1. The highest BCUT2D eigenvalue weighted by atomic mass is 16.5. The lowest BCUT2D eigenvalue weighted by molar-refractivity contribution is 0.0981. The number of morpholine rings is 1. The Morgan fingerprint density at radius 1 is 1.31 bits per heavy atom. The summed E-state index contributed by atoms with van der Waals surface area (Å²) in [5, 5.41) is 0.992. The molecule has 9 nitrogen and oxygen atoms in total. The summed E-state index contributed by atoms with van der Waals surface area (Å²) in [7, 11) is 1.39. The summed E-state index contributed by atoms with van der Waals surface area (Å²) in [4.78, 5) is 33.4. The maximum absolute atomic E-state index is 12.3. The number of carbonyl (C=O) groups is 1. The smallest absolute Gasteiger partial charge is 0.415 e. The summed E-state index contributed by atoms with van der Waals surface area (Å²) in [5.74, 6) is 1.22. The molecule has 2 aliphatic heterocycles. The van der Waals surface area contributed by atoms with Gasteiger partial charge < -0.3 is 19.4 Å². The largest absolute Gasteiger partial charge is 0.452 e. The fraction of sp³-hybridized carbons (Fsp3) is 0.400. The molecule has 3 aromatic heterocycles. The summed E-state index contributed by atoms with van der Waals surface area (Å²) >= 11 is 0. The van der Waals surface area contributed by atoms with Gasteiger partial charge in [0.05, 0.1) is 32.1 Å². The van der Waals surface area contributed by atoms with Gasteiger partial charge >= 0.3 is 6.09 Å². The van der Waals surface area contributed by atoms with Crippen LogP contribution in [-0.2, 0) is 15.9 Å². The van der Waals surface area contributed by atoms with Crippen molar-refractivity contribution in [1.82, 2.24) is 19.9 Å². The van der Waals surface area contributed by atoms with Crippen LogP contribution < -0.4 is 9.80 Å². The third-order valence-corrected chi connectivity index (χ3v) is 5.55. The topological polar surface area (TPSA) is 96.5 Å². The van der Waals surface area contributed by atoms with Gasteiger partial charge in [-0.1, -0.05) is 0 Å². The molecule has 0 unspecified atom stereocenters. The molecule has 150 valence electrons. The van der Waals surface area contributed by atoms with E-state index in [2.05, 4.69) is 21.8 Å². The second-order valence-corrected chi connectivity index (χ2v) is 7.26. The predicted molar refractivity (Wildman–Crippen MR) is 108 cm³/mol. The van der Waals surface area contributed by atoms with Crippen LogP contribution in [0.25, 0.3) is 22.3 Å². The first kappa shape index (κ1) is 17.9. The van der Waals surface area contributed by atoms with E-state index < -0.39 is 6.09 Å². The van der Waals surface area contributed by atoms with Crippen LogP contribution in [0.4, 0.5) is 16.6 Å². The van der Waals surface area contributed by atoms with Gasteiger partial charge in [-0.15, -0.1) is 0 Å². The number of rotatable bonds is 2. The number of fused-ring (bicyclic) bond motifs is 2. The highest BCUT2D eigenvalue weighted by molar-refractivity contribution is 5.96. The van der Waals surface area contributed by atoms with Gasteiger partial charge in [0, 0.05) is 42.0 Å². The van der Waals surface area contributed by atoms with Crippen molar-refractivity contribution in [2.45, 2.75) is 19.4 Å². The monoisotopic (exact) mass is 394 g/mol. The van der Waals surface area contributed by atoms with E-state index >= 15 is 0 Å². The normalized spacial score (nSPS) is 18.9. The molecule has 0 radical (unpaired) electrons. The van der Waals surface area contributed by atoms with Gasteiger partial charge in [0.25, 0.3) is 0 Å². The van der Waals surface area contributed by atoms with Crippen molar-refractivity contribution in [3.63, 3.8) is 0 Å². The first-order chi connectivity index (χ1) is 14.2. The highest BCUT2D eigenvalue weighted by Crippen LogP contribution is 2.38. The van der Waals surface area contributed by atoms with E-state index in [1.165, 1.54) is 7.11 Å². The molecule has 0 bridgehead atoms. The molecule has 1 saturated heterocycles. The average Bonchev–Trinajstić information content (AvgIpc) is 3.39. The molecule has 0 aromatic carbocycles. The van der Waals surface area contributed by atoms with Crippen molar-refractivity contribution >= 4 is 28.9 Å². The first-order valence-corrected chi connectivity index (χ1v) is 9.70. The van der Waals surface area contributed by atoms with Crippen LogP contribution in [0.2, 0.25) is 0 Å². The maximum atomic E-state index is 12.3. The fourth-order valence-corrected chi connectivity index (χ4v) is 4.07. The molecule has 29 heavy (non-hydrogen) atoms. The number of nitrogens with zero attached hydrogens (tertiary/aromatic N) is 5. The van der Waals surface area contributed by atoms with Gasteiger partial charge in [0.2, 0.25) is 5.95 Å². The lowest BCUT2D eigenvalue weighted by Gasteiger charge is -2.34. The third kappa shape index (κ3) is 2.89. The number of carbonyl (C=O) groups excluding carboxylic acids is 1. The molecule has 1 atom stereocenters. The van der Waals surface area contributed by atoms with Crippen LogP contribution in [0.3, 0.4) is 0 Å². The number of nitrogens with one attached hydrogen (secondary N) is 1. The summed E-state index contributed by atoms with van der Waals surface area (Å²) in [5.41, 5.74) is 3.57. The summed E-state index contributed by atoms with van der Waals surface area (Å²) < 4.78 is 10.5. The minimum absolute atomic E-state index is 0.146. The minimum atomic E-state index is -0.407. The Hall–Kier alpha value is -3.20. The van der Waals surface area contributed by atoms with Crippen LogP contribution in [0.1, 0.15) is 12.5 Å². The highest BCUT2D eigenvalue weighted by Gasteiger charge is 2.33. The Balaban J connectivity index is 1.72. The number of methoxy groups -OCH3 is 1. The van der Waals surface area contributed by atoms with Crippen LogP contribution in [0.5, 0.6) is 0 Å². The second kappa shape index (κ2) is 7.00. The molecule has 3 aromatic rings. The Kier molecular flexibility index (Phi) is 4.31. The van der Waals surface area contributed by atoms with Crippen molar-refractivity contribution in [3.05, 3.63) is 30.1 Å². The van der Waals surface area contributed by atoms with E-state index in [1.807, 2.05) is 18.3 Å². The van der Waals surface area contributed by atoms with E-state index in [1.54, 1.807) is 11.1 Å². The fourth-order valence-electron chi connectivity index (χ4n) is 4.07. The van der Waals surface area contributed by atoms with Gasteiger partial charge in [-0.25, -0.2) is 14.8 Å². The van der Waals surface area contributed by atoms with Crippen molar-refractivity contribution in [1.29, 1.82) is 0 Å². The molecule has 2 aliphatic rings. The van der Waals surface area contributed by atoms with Gasteiger partial charge in [0.15, 0.2) is 0 Å². The van der Waals surface area contributed by atoms with Crippen LogP contribution >= 0.6 is 0 Å². The van der Waals surface area contributed by atoms with Crippen molar-refractivity contribution in [2.75, 3.05) is 43.2 Å². The molecule has 0 spiro atoms. The van der Waals surface area contributed by atoms with E-state index in [0.29, 0.717) is 44.5 Å². The summed E-state index contributed by atoms with van der Waals surface area (Å²) in [6, 6.07) is 4.11. The molecule has 1 fully saturated rings. The average molecular weight is 394 g/mol. The van der Waals surface area contributed by atoms with Crippen LogP contribution in [0, 0.1) is 0 Å². The number of hydrogen-bond acceptors (Lipinski definition) is 7. The van der Waals surface area contributed by atoms with Crippen molar-refractivity contribution in [3.8, 4) is 11.3 Å². The zero-order valence-electron chi connectivity index (χ0n) is 16.4. The zero-order valence-corrected chi connectivity index (χ0v) is 16.4. The summed E-state index contributed by atoms with van der Waals surface area (Å²) in [6.45, 7) is 4.55. The standard InChI is InChI=1S/C20H22N6O3/c1-12-11-29-10-9-25(12)19-23-16(13-3-6-21-17-14(13)4-7-22-17)15-5-8-26(18(15)24-19)20(27)28-2/h3-4,6-7,12H,5,8-11H2,1-2H3,(H,21,22)/t12-/m1/s1. The molecule has 5 heterocycles. The van der Waals surface area contributed by atoms with Gasteiger partial charge in [-0.05, 0) is 25.5 Å². The van der Waals surface area contributed by atoms with Crippen LogP contribution in [-0.4, -0.2) is 65.5 Å². The lowest BCUT2D eigenvalue weighted by Crippen LogP contribution is -2.44. The number of aromatic nitrogens is 4. The number of ether oxygens (including phenoxy) is 2. The van der Waals surface area contributed by atoms with E-state index in [0.717, 1.165) is 27.9 Å². The SMILES string of the molecule is COC(=O)N1CCc2c(-c3ccnc4[nH]ccc34)nc(N3CCOC[C@H]3C)nc21. The van der Waals surface area contributed by atoms with Gasteiger partial charge in [0.1, 0.15) is 11.5 Å². The molecular weight excluding hydrogens is 372 g/mol. The molecule has 1 amide bonds.